The summed E-state index contributed by atoms with van der Waals surface area (Å²) < 4.78 is 65.9. The quantitative estimate of drug-likeness (QED) is 0.0460. The Morgan fingerprint density at radius 2 is 1.44 bits per heavy atom. The number of halogens is 1. The fraction of sp³-hybridized carbons (Fsp3) is 0.661. The van der Waals surface area contributed by atoms with E-state index in [4.69, 9.17) is 57.7 Å². The van der Waals surface area contributed by atoms with Gasteiger partial charge >= 0.3 is 12.1 Å². The van der Waals surface area contributed by atoms with Crippen molar-refractivity contribution in [3.8, 4) is 40.9 Å². The van der Waals surface area contributed by atoms with Crippen LogP contribution in [0.15, 0.2) is 48.0 Å². The molecule has 15 nitrogen and oxygen atoms in total. The van der Waals surface area contributed by atoms with Gasteiger partial charge in [0, 0.05) is 19.1 Å². The van der Waals surface area contributed by atoms with Crippen molar-refractivity contribution in [1.82, 2.24) is 5.32 Å². The van der Waals surface area contributed by atoms with Gasteiger partial charge in [-0.2, -0.15) is 0 Å². The van der Waals surface area contributed by atoms with Crippen LogP contribution in [0.4, 0.5) is 4.79 Å². The molecule has 4 rings (SSSR count). The van der Waals surface area contributed by atoms with Gasteiger partial charge in [-0.25, -0.2) is 4.79 Å². The molecule has 0 saturated carbocycles. The Hall–Kier alpha value is -3.68. The van der Waals surface area contributed by atoms with Crippen LogP contribution in [0.3, 0.4) is 0 Å². The normalized spacial score (nSPS) is 21.8. The number of hydrogen-bond donors (Lipinski definition) is 3. The van der Waals surface area contributed by atoms with Gasteiger partial charge in [-0.1, -0.05) is 110 Å². The van der Waals surface area contributed by atoms with Crippen molar-refractivity contribution in [2.45, 2.75) is 224 Å². The summed E-state index contributed by atoms with van der Waals surface area (Å²) in [7, 11) is -7.25. The summed E-state index contributed by atoms with van der Waals surface area (Å²) in [6.45, 7) is 39.2. The number of carboxylic acid groups (broad SMARTS) is 1. The van der Waals surface area contributed by atoms with Crippen molar-refractivity contribution in [3.63, 3.8) is 0 Å². The first-order valence-corrected chi connectivity index (χ1v) is 39.7. The van der Waals surface area contributed by atoms with Crippen LogP contribution in [0.25, 0.3) is 0 Å². The van der Waals surface area contributed by atoms with Gasteiger partial charge in [0.15, 0.2) is 69.4 Å². The lowest BCUT2D eigenvalue weighted by Gasteiger charge is -2.43. The zero-order chi connectivity index (χ0) is 59.8. The highest BCUT2D eigenvalue weighted by atomic mass is 35.5. The molecule has 442 valence electrons. The summed E-state index contributed by atoms with van der Waals surface area (Å²) in [6, 6.07) is 11.7. The number of carbonyl (C=O) groups is 2. The first-order chi connectivity index (χ1) is 36.3. The number of fused-ring (bicyclic) bond motifs is 1. The lowest BCUT2D eigenvalue weighted by atomic mass is 9.88. The second kappa shape index (κ2) is 26.7. The van der Waals surface area contributed by atoms with E-state index in [1.807, 2.05) is 30.3 Å². The number of amides is 1. The van der Waals surface area contributed by atoms with Crippen molar-refractivity contribution in [2.75, 3.05) is 27.6 Å². The molecule has 0 saturated heterocycles. The second-order valence-corrected chi connectivity index (χ2v) is 44.9. The van der Waals surface area contributed by atoms with Crippen molar-refractivity contribution in [2.24, 2.45) is 0 Å². The number of alkyl carbamates (subject to hydrolysis) is 1. The highest BCUT2D eigenvalue weighted by Crippen LogP contribution is 2.49. The molecule has 2 aliphatic carbocycles. The summed E-state index contributed by atoms with van der Waals surface area (Å²) in [6.07, 6.45) is -3.28. The van der Waals surface area contributed by atoms with Crippen LogP contribution in [0.2, 0.25) is 79.1 Å². The molecule has 0 bridgehead atoms. The van der Waals surface area contributed by atoms with Crippen LogP contribution in [0.1, 0.15) is 113 Å². The maximum atomic E-state index is 14.0. The van der Waals surface area contributed by atoms with Gasteiger partial charge in [0.2, 0.25) is 0 Å². The van der Waals surface area contributed by atoms with Crippen LogP contribution in [-0.4, -0.2) is 124 Å². The van der Waals surface area contributed by atoms with Crippen molar-refractivity contribution < 1.29 is 65.9 Å². The molecule has 1 unspecified atom stereocenters. The third-order valence-corrected chi connectivity index (χ3v) is 30.4. The largest absolute Gasteiger partial charge is 0.497 e. The van der Waals surface area contributed by atoms with Gasteiger partial charge < -0.3 is 61.7 Å². The minimum absolute atomic E-state index is 0.00643. The standard InChI is InChI=1S/C59H94ClNO14Si4/c1-22-79(23-2,24-3)74-49-29-30-50(71-53-46(60)33-42(34-48(53)69-40-66-13)47(36-52(62)63)61-54(64)72-55(4,5)6)59(75-76(15,16)17)37-45(73-78(20,21)57(10,11)12)35-43(59)31-32-58(49,65)51(39-70-77(18,19)56(7,8)9)68-38-41-25-27-44(67-14)28-26-41/h25-28,33-35,45,47,49-51,65H,22-24,36-40H2,1-21H3,(H,61,64)(H,62,63)/t45?,47-,49+,50+,51-,58-,59+/m0/s1. The highest BCUT2D eigenvalue weighted by Gasteiger charge is 2.56. The molecular formula is C59H94ClNO14Si4. The van der Waals surface area contributed by atoms with Gasteiger partial charge in [-0.05, 0) is 136 Å². The van der Waals surface area contributed by atoms with Crippen molar-refractivity contribution >= 4 is 56.9 Å². The van der Waals surface area contributed by atoms with Crippen LogP contribution in [0, 0.1) is 23.7 Å². The van der Waals surface area contributed by atoms with E-state index in [0.717, 1.165) is 23.7 Å². The molecular weight excluding hydrogens is 1090 g/mol. The molecule has 2 aromatic carbocycles. The second-order valence-electron chi connectivity index (χ2n) is 25.8. The number of aliphatic hydroxyl groups is 1. The molecule has 0 aromatic heterocycles. The molecule has 7 atom stereocenters. The average molecular weight is 1190 g/mol. The molecule has 2 aliphatic rings. The summed E-state index contributed by atoms with van der Waals surface area (Å²) in [4.78, 5) is 25.5. The first-order valence-electron chi connectivity index (χ1n) is 27.6. The number of hydrogen-bond acceptors (Lipinski definition) is 13. The van der Waals surface area contributed by atoms with Crippen molar-refractivity contribution in [1.29, 1.82) is 0 Å². The molecule has 0 radical (unpaired) electrons. The minimum atomic E-state index is -2.67. The minimum Gasteiger partial charge on any atom is -0.497 e. The highest BCUT2D eigenvalue weighted by molar-refractivity contribution is 6.75. The summed E-state index contributed by atoms with van der Waals surface area (Å²) in [5, 5.41) is 26.4. The zero-order valence-electron chi connectivity index (χ0n) is 51.3. The number of benzene rings is 2. The number of carboxylic acids is 1. The van der Waals surface area contributed by atoms with E-state index in [9.17, 15) is 19.8 Å². The van der Waals surface area contributed by atoms with E-state index < -0.39 is 99.0 Å². The van der Waals surface area contributed by atoms with Gasteiger partial charge in [0.05, 0.1) is 43.9 Å². The number of rotatable bonds is 26. The number of methoxy groups -OCH3 is 2. The molecule has 3 N–H and O–H groups in total. The Morgan fingerprint density at radius 3 is 1.96 bits per heavy atom. The Kier molecular flexibility index (Phi) is 22.9. The lowest BCUT2D eigenvalue weighted by molar-refractivity contribution is -0.137. The van der Waals surface area contributed by atoms with Crippen LogP contribution < -0.4 is 19.5 Å². The maximum absolute atomic E-state index is 14.0. The zero-order valence-corrected chi connectivity index (χ0v) is 56.0. The van der Waals surface area contributed by atoms with E-state index in [0.29, 0.717) is 16.9 Å². The topological polar surface area (TPSA) is 179 Å². The fourth-order valence-corrected chi connectivity index (χ4v) is 15.4. The molecule has 0 aliphatic heterocycles. The number of aliphatic carboxylic acids is 1. The molecule has 0 spiro atoms. The Morgan fingerprint density at radius 1 is 0.848 bits per heavy atom. The van der Waals surface area contributed by atoms with E-state index in [1.165, 1.54) is 13.2 Å². The smallest absolute Gasteiger partial charge is 0.408 e. The molecule has 2 aromatic rings. The van der Waals surface area contributed by atoms with Gasteiger partial charge in [-0.15, -0.1) is 0 Å². The lowest BCUT2D eigenvalue weighted by Crippen LogP contribution is -2.59. The van der Waals surface area contributed by atoms with Gasteiger partial charge in [0.1, 0.15) is 23.1 Å². The van der Waals surface area contributed by atoms with Crippen molar-refractivity contribution in [3.05, 3.63) is 64.2 Å². The number of carbonyl (C=O) groups excluding carboxylic acids is 1. The third-order valence-electron chi connectivity index (χ3n) is 15.5. The van der Waals surface area contributed by atoms with E-state index in [-0.39, 0.29) is 53.0 Å². The molecule has 0 heterocycles. The molecule has 0 fully saturated rings. The molecule has 1 amide bonds. The predicted octanol–water partition coefficient (Wildman–Crippen LogP) is 13.2. The molecule has 79 heavy (non-hydrogen) atoms. The number of nitrogens with one attached hydrogen (secondary N) is 1. The monoisotopic (exact) mass is 1190 g/mol. The van der Waals surface area contributed by atoms with Crippen LogP contribution >= 0.6 is 11.6 Å². The number of ether oxygens (including phenoxy) is 6. The first kappa shape index (κ1) is 67.8. The summed E-state index contributed by atoms with van der Waals surface area (Å²) in [5.74, 6) is 13.5. The fourth-order valence-electron chi connectivity index (χ4n) is 8.72. The predicted molar refractivity (Wildman–Crippen MR) is 322 cm³/mol. The summed E-state index contributed by atoms with van der Waals surface area (Å²) in [5.41, 5.74) is -2.84. The Labute approximate surface area is 482 Å². The SMILES string of the molecule is CC[Si](CC)(CC)O[C@@H]1C#C[C@@H](Oc2c(Cl)cc([C@H](CC(=O)O)NC(=O)OC(C)(C)C)cc2OCOC)[C@@]2(O[Si](C)(C)C)CC(O[Si](C)(C)C(C)(C)C)C=C2C#C[C@@]1(O)[C@H](CO[Si](C)(C)C(C)(C)C)OCc1ccc(OC)cc1. The maximum Gasteiger partial charge on any atom is 0.408 e. The van der Waals surface area contributed by atoms with Gasteiger partial charge in [-0.3, -0.25) is 4.79 Å². The molecule has 20 heteroatoms. The van der Waals surface area contributed by atoms with Crippen LogP contribution in [-0.2, 0) is 43.3 Å². The third kappa shape index (κ3) is 17.9. The van der Waals surface area contributed by atoms with E-state index >= 15 is 0 Å². The van der Waals surface area contributed by atoms with E-state index in [2.05, 4.69) is 137 Å². The van der Waals surface area contributed by atoms with Crippen LogP contribution in [0.5, 0.6) is 17.2 Å². The Balaban J connectivity index is 2.17. The van der Waals surface area contributed by atoms with E-state index in [1.54, 1.807) is 33.9 Å². The average Bonchev–Trinajstić information content (AvgIpc) is 3.87. The van der Waals surface area contributed by atoms with Gasteiger partial charge in [0.25, 0.3) is 0 Å². The summed E-state index contributed by atoms with van der Waals surface area (Å²) >= 11 is 7.34. The Bertz CT molecular complexity index is 2550.